The third-order valence-corrected chi connectivity index (χ3v) is 2.59. The highest BCUT2D eigenvalue weighted by molar-refractivity contribution is 9.10. The minimum atomic E-state index is -0.302. The normalized spacial score (nSPS) is 12.5. The van der Waals surface area contributed by atoms with Crippen LogP contribution in [0.3, 0.4) is 0 Å². The third-order valence-electron chi connectivity index (χ3n) is 1.98. The van der Waals surface area contributed by atoms with Crippen molar-refractivity contribution in [2.45, 2.75) is 6.10 Å². The average molecular weight is 292 g/mol. The summed E-state index contributed by atoms with van der Waals surface area (Å²) in [4.78, 5) is 0. The van der Waals surface area contributed by atoms with Crippen molar-refractivity contribution < 1.29 is 13.9 Å². The van der Waals surface area contributed by atoms with Crippen LogP contribution in [0.15, 0.2) is 22.7 Å². The zero-order valence-electron chi connectivity index (χ0n) is 9.30. The molecule has 0 amide bonds. The van der Waals surface area contributed by atoms with Gasteiger partial charge in [-0.3, -0.25) is 0 Å². The predicted molar refractivity (Wildman–Crippen MR) is 64.3 cm³/mol. The molecule has 1 aromatic rings. The molecule has 3 nitrogen and oxygen atoms in total. The van der Waals surface area contributed by atoms with Gasteiger partial charge in [-0.1, -0.05) is 0 Å². The van der Waals surface area contributed by atoms with E-state index in [0.717, 1.165) is 0 Å². The molecule has 5 heteroatoms. The number of likely N-dealkylation sites (N-methyl/N-ethyl adjacent to an activating group) is 1. The summed E-state index contributed by atoms with van der Waals surface area (Å²) in [6.45, 7) is 1.15. The molecule has 0 aliphatic carbocycles. The molecule has 0 radical (unpaired) electrons. The van der Waals surface area contributed by atoms with Crippen molar-refractivity contribution in [3.63, 3.8) is 0 Å². The lowest BCUT2D eigenvalue weighted by Crippen LogP contribution is -2.33. The van der Waals surface area contributed by atoms with Crippen LogP contribution in [0, 0.1) is 5.82 Å². The van der Waals surface area contributed by atoms with Crippen LogP contribution >= 0.6 is 15.9 Å². The Bertz CT molecular complexity index is 330. The zero-order chi connectivity index (χ0) is 12.0. The van der Waals surface area contributed by atoms with E-state index in [1.807, 2.05) is 7.05 Å². The summed E-state index contributed by atoms with van der Waals surface area (Å²) in [5.41, 5.74) is 0. The van der Waals surface area contributed by atoms with E-state index in [2.05, 4.69) is 21.2 Å². The first-order valence-electron chi connectivity index (χ1n) is 4.92. The number of methoxy groups -OCH3 is 1. The first-order chi connectivity index (χ1) is 7.67. The Morgan fingerprint density at radius 1 is 1.50 bits per heavy atom. The minimum Gasteiger partial charge on any atom is -0.487 e. The van der Waals surface area contributed by atoms with Crippen molar-refractivity contribution in [1.29, 1.82) is 0 Å². The summed E-state index contributed by atoms with van der Waals surface area (Å²) in [5.74, 6) is 0.315. The fourth-order valence-corrected chi connectivity index (χ4v) is 1.65. The topological polar surface area (TPSA) is 30.5 Å². The Morgan fingerprint density at radius 3 is 2.81 bits per heavy atom. The first-order valence-corrected chi connectivity index (χ1v) is 5.72. The van der Waals surface area contributed by atoms with Crippen LogP contribution < -0.4 is 10.1 Å². The molecule has 1 aromatic carbocycles. The summed E-state index contributed by atoms with van der Waals surface area (Å²) in [6.07, 6.45) is -0.0904. The maximum Gasteiger partial charge on any atom is 0.137 e. The Morgan fingerprint density at radius 2 is 2.25 bits per heavy atom. The Balaban J connectivity index is 2.65. The monoisotopic (exact) mass is 291 g/mol. The molecule has 0 aliphatic rings. The number of nitrogens with one attached hydrogen (secondary N) is 1. The number of rotatable bonds is 6. The van der Waals surface area contributed by atoms with Gasteiger partial charge in [-0.15, -0.1) is 0 Å². The van der Waals surface area contributed by atoms with Gasteiger partial charge in [0, 0.05) is 13.7 Å². The van der Waals surface area contributed by atoms with Crippen LogP contribution in [0.25, 0.3) is 0 Å². The van der Waals surface area contributed by atoms with Crippen LogP contribution in [0.4, 0.5) is 4.39 Å². The molecule has 16 heavy (non-hydrogen) atoms. The smallest absolute Gasteiger partial charge is 0.137 e. The zero-order valence-corrected chi connectivity index (χ0v) is 10.9. The van der Waals surface area contributed by atoms with Crippen molar-refractivity contribution >= 4 is 15.9 Å². The SMILES string of the molecule is CNCC(COC)Oc1ccc(F)c(Br)c1. The van der Waals surface area contributed by atoms with Gasteiger partial charge < -0.3 is 14.8 Å². The minimum absolute atomic E-state index is 0.0904. The summed E-state index contributed by atoms with van der Waals surface area (Å²) < 4.78 is 24.1. The van der Waals surface area contributed by atoms with E-state index in [0.29, 0.717) is 23.4 Å². The van der Waals surface area contributed by atoms with Crippen molar-refractivity contribution in [2.75, 3.05) is 27.3 Å². The van der Waals surface area contributed by atoms with Crippen molar-refractivity contribution in [2.24, 2.45) is 0 Å². The fraction of sp³-hybridized carbons (Fsp3) is 0.455. The second-order valence-electron chi connectivity index (χ2n) is 3.33. The highest BCUT2D eigenvalue weighted by Crippen LogP contribution is 2.22. The average Bonchev–Trinajstić information content (AvgIpc) is 2.24. The number of hydrogen-bond donors (Lipinski definition) is 1. The van der Waals surface area contributed by atoms with E-state index in [4.69, 9.17) is 9.47 Å². The van der Waals surface area contributed by atoms with Gasteiger partial charge in [-0.05, 0) is 41.2 Å². The maximum absolute atomic E-state index is 13.0. The van der Waals surface area contributed by atoms with Crippen molar-refractivity contribution in [1.82, 2.24) is 5.32 Å². The van der Waals surface area contributed by atoms with Crippen LogP contribution in [-0.4, -0.2) is 33.4 Å². The Labute approximate surface area is 103 Å². The van der Waals surface area contributed by atoms with Crippen LogP contribution in [0.2, 0.25) is 0 Å². The summed E-state index contributed by atoms with van der Waals surface area (Å²) in [6, 6.07) is 4.56. The number of ether oxygens (including phenoxy) is 2. The molecule has 0 heterocycles. The van der Waals surface area contributed by atoms with E-state index in [-0.39, 0.29) is 11.9 Å². The molecule has 1 atom stereocenters. The molecular formula is C11H15BrFNO2. The molecule has 0 saturated carbocycles. The largest absolute Gasteiger partial charge is 0.487 e. The standard InChI is InChI=1S/C11H15BrFNO2/c1-14-6-9(7-15-2)16-8-3-4-11(13)10(12)5-8/h3-5,9,14H,6-7H2,1-2H3. The lowest BCUT2D eigenvalue weighted by atomic mass is 10.3. The lowest BCUT2D eigenvalue weighted by Gasteiger charge is -2.18. The number of halogens is 2. The molecule has 0 spiro atoms. The molecule has 1 N–H and O–H groups in total. The van der Waals surface area contributed by atoms with Crippen LogP contribution in [0.5, 0.6) is 5.75 Å². The van der Waals surface area contributed by atoms with Gasteiger partial charge >= 0.3 is 0 Å². The van der Waals surface area contributed by atoms with Gasteiger partial charge in [-0.2, -0.15) is 0 Å². The molecule has 0 bridgehead atoms. The molecule has 1 unspecified atom stereocenters. The van der Waals surface area contributed by atoms with Gasteiger partial charge in [-0.25, -0.2) is 4.39 Å². The molecule has 90 valence electrons. The summed E-state index contributed by atoms with van der Waals surface area (Å²) in [7, 11) is 3.46. The van der Waals surface area contributed by atoms with E-state index >= 15 is 0 Å². The molecule has 1 rings (SSSR count). The van der Waals surface area contributed by atoms with Gasteiger partial charge in [0.05, 0.1) is 11.1 Å². The van der Waals surface area contributed by atoms with Crippen molar-refractivity contribution in [3.8, 4) is 5.75 Å². The van der Waals surface area contributed by atoms with E-state index in [1.165, 1.54) is 6.07 Å². The first kappa shape index (κ1) is 13.4. The highest BCUT2D eigenvalue weighted by Gasteiger charge is 2.10. The Kier molecular flexibility index (Phi) is 5.73. The van der Waals surface area contributed by atoms with E-state index in [1.54, 1.807) is 19.2 Å². The second-order valence-corrected chi connectivity index (χ2v) is 4.18. The van der Waals surface area contributed by atoms with Gasteiger partial charge in [0.15, 0.2) is 0 Å². The van der Waals surface area contributed by atoms with E-state index in [9.17, 15) is 4.39 Å². The fourth-order valence-electron chi connectivity index (χ4n) is 1.29. The second kappa shape index (κ2) is 6.83. The summed E-state index contributed by atoms with van der Waals surface area (Å²) in [5, 5.41) is 3.01. The highest BCUT2D eigenvalue weighted by atomic mass is 79.9. The third kappa shape index (κ3) is 4.08. The number of hydrogen-bond acceptors (Lipinski definition) is 3. The maximum atomic E-state index is 13.0. The predicted octanol–water partition coefficient (Wildman–Crippen LogP) is 2.20. The summed E-state index contributed by atoms with van der Waals surface area (Å²) >= 11 is 3.11. The molecular weight excluding hydrogens is 277 g/mol. The van der Waals surface area contributed by atoms with Gasteiger partial charge in [0.1, 0.15) is 17.7 Å². The van der Waals surface area contributed by atoms with Crippen molar-refractivity contribution in [3.05, 3.63) is 28.5 Å². The number of benzene rings is 1. The van der Waals surface area contributed by atoms with Gasteiger partial charge in [0.25, 0.3) is 0 Å². The van der Waals surface area contributed by atoms with Gasteiger partial charge in [0.2, 0.25) is 0 Å². The Hall–Kier alpha value is -0.650. The van der Waals surface area contributed by atoms with E-state index < -0.39 is 0 Å². The molecule has 0 aromatic heterocycles. The molecule has 0 saturated heterocycles. The van der Waals surface area contributed by atoms with Crippen LogP contribution in [0.1, 0.15) is 0 Å². The molecule has 0 aliphatic heterocycles. The lowest BCUT2D eigenvalue weighted by molar-refractivity contribution is 0.0817. The quantitative estimate of drug-likeness (QED) is 0.872. The van der Waals surface area contributed by atoms with Crippen LogP contribution in [-0.2, 0) is 4.74 Å². The molecule has 0 fully saturated rings.